The minimum absolute atomic E-state index is 0.00339. The van der Waals surface area contributed by atoms with Crippen molar-refractivity contribution in [2.75, 3.05) is 11.1 Å². The van der Waals surface area contributed by atoms with E-state index in [2.05, 4.69) is 30.7 Å². The largest absolute Gasteiger partial charge is 0.479 e. The number of benzene rings is 2. The number of anilines is 2. The van der Waals surface area contributed by atoms with Crippen LogP contribution in [0.5, 0.6) is 0 Å². The maximum atomic E-state index is 14.5. The number of carbonyl (C=O) groups excluding carboxylic acids is 1. The summed E-state index contributed by atoms with van der Waals surface area (Å²) in [5, 5.41) is 26.2. The number of amides is 1. The van der Waals surface area contributed by atoms with Crippen molar-refractivity contribution in [1.82, 2.24) is 34.7 Å². The third-order valence-electron chi connectivity index (χ3n) is 7.43. The van der Waals surface area contributed by atoms with Gasteiger partial charge >= 0.3 is 5.97 Å². The number of nitrogen functional groups attached to an aromatic ring is 1. The molecule has 0 saturated carbocycles. The monoisotopic (exact) mass is 575 g/mol. The number of nitrogens with one attached hydrogen (secondary N) is 1. The number of hydrogen-bond donors (Lipinski definition) is 3. The molecule has 1 aliphatic heterocycles. The van der Waals surface area contributed by atoms with Gasteiger partial charge in [-0.1, -0.05) is 35.0 Å². The molecular formula is C27H23ClFN9O3. The van der Waals surface area contributed by atoms with Gasteiger partial charge in [0.15, 0.2) is 11.4 Å². The number of halogens is 2. The molecule has 0 bridgehead atoms. The van der Waals surface area contributed by atoms with Gasteiger partial charge in [-0.15, -0.1) is 5.10 Å². The van der Waals surface area contributed by atoms with Crippen LogP contribution >= 0.6 is 11.6 Å². The highest BCUT2D eigenvalue weighted by Crippen LogP contribution is 2.44. The van der Waals surface area contributed by atoms with Gasteiger partial charge in [-0.25, -0.2) is 23.8 Å². The fraction of sp³-hybridized carbons (Fsp3) is 0.222. The molecule has 0 spiro atoms. The van der Waals surface area contributed by atoms with Gasteiger partial charge in [0, 0.05) is 16.0 Å². The molecule has 14 heteroatoms. The number of carbonyl (C=O) groups is 2. The van der Waals surface area contributed by atoms with Crippen LogP contribution < -0.4 is 11.1 Å². The number of rotatable bonds is 6. The Balaban J connectivity index is 1.46. The van der Waals surface area contributed by atoms with E-state index in [4.69, 9.17) is 17.3 Å². The predicted octanol–water partition coefficient (Wildman–Crippen LogP) is 3.59. The van der Waals surface area contributed by atoms with Gasteiger partial charge in [-0.05, 0) is 45.0 Å². The standard InChI is InChI=1S/C27H23ClFN9O3/c1-26(2,25(40)41)38-12-18(34-36-38)27(3)19-21(30)31-23(32-22(19)33-24(27)39)20-15-9-8-14(28)10-17(15)37(35-20)11-13-6-4-5-7-16(13)29/h4-10,12H,11H2,1-3H3,(H,40,41)(H3,30,31,32,33,39). The molecule has 0 aliphatic carbocycles. The van der Waals surface area contributed by atoms with Gasteiger partial charge in [0.25, 0.3) is 0 Å². The molecule has 0 saturated heterocycles. The molecular weight excluding hydrogens is 553 g/mol. The van der Waals surface area contributed by atoms with Crippen LogP contribution in [0.15, 0.2) is 48.7 Å². The first-order chi connectivity index (χ1) is 19.4. The van der Waals surface area contributed by atoms with Gasteiger partial charge in [0.05, 0.1) is 23.8 Å². The Bertz CT molecular complexity index is 1900. The fourth-order valence-corrected chi connectivity index (χ4v) is 5.01. The molecule has 1 atom stereocenters. The summed E-state index contributed by atoms with van der Waals surface area (Å²) in [5.41, 5.74) is 5.48. The fourth-order valence-electron chi connectivity index (χ4n) is 4.84. The SMILES string of the molecule is CC1(c2cn(C(C)(C)C(=O)O)nn2)C(=O)Nc2nc(-c3nn(Cc4ccccc4F)c4cc(Cl)ccc34)nc(N)c21. The highest BCUT2D eigenvalue weighted by molar-refractivity contribution is 6.31. The lowest BCUT2D eigenvalue weighted by Gasteiger charge is -2.21. The van der Waals surface area contributed by atoms with Crippen LogP contribution in [-0.2, 0) is 27.1 Å². The van der Waals surface area contributed by atoms with E-state index in [1.807, 2.05) is 0 Å². The lowest BCUT2D eigenvalue weighted by atomic mass is 9.81. The Morgan fingerprint density at radius 3 is 2.71 bits per heavy atom. The molecule has 6 rings (SSSR count). The minimum atomic E-state index is -1.44. The number of aromatic nitrogens is 7. The van der Waals surface area contributed by atoms with E-state index in [0.717, 1.165) is 0 Å². The van der Waals surface area contributed by atoms with Crippen molar-refractivity contribution in [3.63, 3.8) is 0 Å². The molecule has 0 radical (unpaired) electrons. The number of carboxylic acid groups (broad SMARTS) is 1. The summed E-state index contributed by atoms with van der Waals surface area (Å²) in [6, 6.07) is 11.6. The average Bonchev–Trinajstić information content (AvgIpc) is 3.62. The maximum absolute atomic E-state index is 14.5. The normalized spacial score (nSPS) is 16.7. The van der Waals surface area contributed by atoms with E-state index < -0.39 is 22.8 Å². The van der Waals surface area contributed by atoms with Crippen molar-refractivity contribution >= 4 is 46.0 Å². The Hall–Kier alpha value is -4.91. The second-order valence-corrected chi connectivity index (χ2v) is 10.8. The van der Waals surface area contributed by atoms with Gasteiger partial charge in [0.2, 0.25) is 5.91 Å². The molecule has 208 valence electrons. The van der Waals surface area contributed by atoms with Crippen LogP contribution in [0.3, 0.4) is 0 Å². The highest BCUT2D eigenvalue weighted by Gasteiger charge is 2.50. The second-order valence-electron chi connectivity index (χ2n) is 10.4. The van der Waals surface area contributed by atoms with E-state index in [-0.39, 0.29) is 41.1 Å². The highest BCUT2D eigenvalue weighted by atomic mass is 35.5. The van der Waals surface area contributed by atoms with Gasteiger partial charge in [-0.2, -0.15) is 5.10 Å². The summed E-state index contributed by atoms with van der Waals surface area (Å²) >= 11 is 6.28. The number of nitrogens with zero attached hydrogens (tertiary/aromatic N) is 7. The van der Waals surface area contributed by atoms with Crippen LogP contribution in [0.1, 0.15) is 37.6 Å². The molecule has 5 aromatic rings. The van der Waals surface area contributed by atoms with Crippen molar-refractivity contribution in [2.45, 2.75) is 38.3 Å². The molecule has 1 amide bonds. The Morgan fingerprint density at radius 2 is 1.98 bits per heavy atom. The van der Waals surface area contributed by atoms with Gasteiger partial charge in [-0.3, -0.25) is 9.48 Å². The summed E-state index contributed by atoms with van der Waals surface area (Å²) < 4.78 is 17.2. The molecule has 3 aromatic heterocycles. The minimum Gasteiger partial charge on any atom is -0.479 e. The number of aliphatic carboxylic acids is 1. The molecule has 41 heavy (non-hydrogen) atoms. The lowest BCUT2D eigenvalue weighted by molar-refractivity contribution is -0.146. The van der Waals surface area contributed by atoms with Crippen molar-refractivity contribution < 1.29 is 19.1 Å². The quantitative estimate of drug-likeness (QED) is 0.274. The number of hydrogen-bond acceptors (Lipinski definition) is 8. The summed E-state index contributed by atoms with van der Waals surface area (Å²) in [6.45, 7) is 4.65. The van der Waals surface area contributed by atoms with Gasteiger partial charge < -0.3 is 16.2 Å². The van der Waals surface area contributed by atoms with Crippen molar-refractivity contribution in [1.29, 1.82) is 0 Å². The van der Waals surface area contributed by atoms with Crippen LogP contribution in [0.25, 0.3) is 22.4 Å². The average molecular weight is 576 g/mol. The number of fused-ring (bicyclic) bond motifs is 2. The van der Waals surface area contributed by atoms with Gasteiger partial charge in [0.1, 0.15) is 34.3 Å². The number of carboxylic acids is 1. The molecule has 4 heterocycles. The first-order valence-corrected chi connectivity index (χ1v) is 12.8. The van der Waals surface area contributed by atoms with E-state index in [9.17, 15) is 19.1 Å². The van der Waals surface area contributed by atoms with Crippen LogP contribution in [0, 0.1) is 5.82 Å². The van der Waals surface area contributed by atoms with Crippen LogP contribution in [-0.4, -0.2) is 51.7 Å². The van der Waals surface area contributed by atoms with Crippen molar-refractivity contribution in [2.24, 2.45) is 0 Å². The first kappa shape index (κ1) is 26.3. The zero-order valence-corrected chi connectivity index (χ0v) is 22.8. The molecule has 1 unspecified atom stereocenters. The van der Waals surface area contributed by atoms with Crippen LogP contribution in [0.2, 0.25) is 5.02 Å². The Morgan fingerprint density at radius 1 is 1.22 bits per heavy atom. The molecule has 0 fully saturated rings. The topological polar surface area (TPSA) is 167 Å². The maximum Gasteiger partial charge on any atom is 0.331 e. The summed E-state index contributed by atoms with van der Waals surface area (Å²) in [7, 11) is 0. The Labute approximate surface area is 237 Å². The molecule has 1 aliphatic rings. The smallest absolute Gasteiger partial charge is 0.331 e. The third kappa shape index (κ3) is 3.99. The molecule has 4 N–H and O–H groups in total. The first-order valence-electron chi connectivity index (χ1n) is 12.5. The van der Waals surface area contributed by atoms with E-state index in [1.165, 1.54) is 30.8 Å². The van der Waals surface area contributed by atoms with E-state index >= 15 is 0 Å². The third-order valence-corrected chi connectivity index (χ3v) is 7.66. The van der Waals surface area contributed by atoms with Crippen molar-refractivity contribution in [3.05, 3.63) is 76.3 Å². The second kappa shape index (κ2) is 9.06. The summed E-state index contributed by atoms with van der Waals surface area (Å²) in [6.07, 6.45) is 1.40. The van der Waals surface area contributed by atoms with Crippen molar-refractivity contribution in [3.8, 4) is 11.5 Å². The van der Waals surface area contributed by atoms with E-state index in [1.54, 1.807) is 48.0 Å². The Kier molecular flexibility index (Phi) is 5.82. The predicted molar refractivity (Wildman–Crippen MR) is 148 cm³/mol. The number of nitrogens with two attached hydrogens (primary N) is 1. The zero-order chi connectivity index (χ0) is 29.3. The lowest BCUT2D eigenvalue weighted by Crippen LogP contribution is -2.36. The molecule has 12 nitrogen and oxygen atoms in total. The zero-order valence-electron chi connectivity index (χ0n) is 22.1. The molecule has 2 aromatic carbocycles. The summed E-state index contributed by atoms with van der Waals surface area (Å²) in [4.78, 5) is 34.2. The van der Waals surface area contributed by atoms with E-state index in [0.29, 0.717) is 27.2 Å². The van der Waals surface area contributed by atoms with Crippen LogP contribution in [0.4, 0.5) is 16.0 Å². The summed E-state index contributed by atoms with van der Waals surface area (Å²) in [5.74, 6) is -1.66.